The van der Waals surface area contributed by atoms with Gasteiger partial charge in [-0.15, -0.1) is 0 Å². The Hall–Kier alpha value is -1.77. The number of nitrogens with one attached hydrogen (secondary N) is 1. The van der Waals surface area contributed by atoms with Crippen LogP contribution in [0.2, 0.25) is 0 Å². The Morgan fingerprint density at radius 2 is 1.81 bits per heavy atom. The summed E-state index contributed by atoms with van der Waals surface area (Å²) >= 11 is 0. The first-order chi connectivity index (χ1) is 10.0. The SMILES string of the molecule is CC=CC(=O)N(c1ccc(NC(C)CC)cc1)C(C)CC. The summed E-state index contributed by atoms with van der Waals surface area (Å²) < 4.78 is 0. The summed E-state index contributed by atoms with van der Waals surface area (Å²) in [5.74, 6) is 0.0366. The maximum Gasteiger partial charge on any atom is 0.250 e. The van der Waals surface area contributed by atoms with E-state index in [4.69, 9.17) is 0 Å². The lowest BCUT2D eigenvalue weighted by Gasteiger charge is -2.28. The number of rotatable bonds is 7. The Morgan fingerprint density at radius 1 is 1.19 bits per heavy atom. The molecule has 0 heterocycles. The van der Waals surface area contributed by atoms with E-state index in [1.807, 2.05) is 36.1 Å². The molecule has 0 aliphatic carbocycles. The maximum atomic E-state index is 12.3. The molecule has 3 heteroatoms. The average molecular weight is 288 g/mol. The van der Waals surface area contributed by atoms with Crippen molar-refractivity contribution in [2.45, 2.75) is 59.5 Å². The first-order valence-corrected chi connectivity index (χ1v) is 7.85. The van der Waals surface area contributed by atoms with Crippen molar-refractivity contribution in [3.8, 4) is 0 Å². The third kappa shape index (κ3) is 4.92. The first-order valence-electron chi connectivity index (χ1n) is 7.85. The smallest absolute Gasteiger partial charge is 0.250 e. The van der Waals surface area contributed by atoms with Crippen LogP contribution in [0.5, 0.6) is 0 Å². The molecule has 0 radical (unpaired) electrons. The molecule has 0 aliphatic rings. The van der Waals surface area contributed by atoms with E-state index in [0.717, 1.165) is 24.2 Å². The minimum atomic E-state index is 0.0366. The van der Waals surface area contributed by atoms with Crippen molar-refractivity contribution in [2.24, 2.45) is 0 Å². The van der Waals surface area contributed by atoms with Crippen LogP contribution in [0.3, 0.4) is 0 Å². The molecule has 1 N–H and O–H groups in total. The van der Waals surface area contributed by atoms with E-state index >= 15 is 0 Å². The van der Waals surface area contributed by atoms with E-state index in [1.165, 1.54) is 0 Å². The van der Waals surface area contributed by atoms with Gasteiger partial charge in [0.15, 0.2) is 0 Å². The molecular formula is C18H28N2O. The van der Waals surface area contributed by atoms with Crippen molar-refractivity contribution in [3.05, 3.63) is 36.4 Å². The number of carbonyl (C=O) groups is 1. The predicted octanol–water partition coefficient (Wildman–Crippen LogP) is 4.60. The highest BCUT2D eigenvalue weighted by Crippen LogP contribution is 2.22. The number of nitrogens with zero attached hydrogens (tertiary/aromatic N) is 1. The molecule has 1 amide bonds. The Labute approximate surface area is 129 Å². The fourth-order valence-corrected chi connectivity index (χ4v) is 2.11. The molecule has 0 spiro atoms. The fourth-order valence-electron chi connectivity index (χ4n) is 2.11. The fraction of sp³-hybridized carbons (Fsp3) is 0.500. The van der Waals surface area contributed by atoms with Crippen LogP contribution < -0.4 is 10.2 Å². The van der Waals surface area contributed by atoms with E-state index in [0.29, 0.717) is 6.04 Å². The monoisotopic (exact) mass is 288 g/mol. The quantitative estimate of drug-likeness (QED) is 0.743. The van der Waals surface area contributed by atoms with Crippen LogP contribution in [0.4, 0.5) is 11.4 Å². The highest BCUT2D eigenvalue weighted by molar-refractivity contribution is 6.01. The molecular weight excluding hydrogens is 260 g/mol. The van der Waals surface area contributed by atoms with Crippen LogP contribution >= 0.6 is 0 Å². The van der Waals surface area contributed by atoms with Crippen LogP contribution in [0, 0.1) is 0 Å². The number of carbonyl (C=O) groups excluding carboxylic acids is 1. The third-order valence-corrected chi connectivity index (χ3v) is 3.75. The molecule has 116 valence electrons. The van der Waals surface area contributed by atoms with Crippen LogP contribution in [0.25, 0.3) is 0 Å². The number of benzene rings is 1. The summed E-state index contributed by atoms with van der Waals surface area (Å²) in [5, 5.41) is 3.44. The van der Waals surface area contributed by atoms with Crippen LogP contribution in [0.1, 0.15) is 47.5 Å². The lowest BCUT2D eigenvalue weighted by atomic mass is 10.1. The van der Waals surface area contributed by atoms with Crippen molar-refractivity contribution >= 4 is 17.3 Å². The van der Waals surface area contributed by atoms with Gasteiger partial charge in [0.1, 0.15) is 0 Å². The van der Waals surface area contributed by atoms with E-state index in [1.54, 1.807) is 12.2 Å². The Kier molecular flexibility index (Phi) is 7.00. The van der Waals surface area contributed by atoms with Crippen LogP contribution in [0.15, 0.2) is 36.4 Å². The first kappa shape index (κ1) is 17.3. The van der Waals surface area contributed by atoms with Crippen molar-refractivity contribution in [2.75, 3.05) is 10.2 Å². The number of allylic oxidation sites excluding steroid dienone is 1. The van der Waals surface area contributed by atoms with Crippen molar-refractivity contribution < 1.29 is 4.79 Å². The van der Waals surface area contributed by atoms with Gasteiger partial charge < -0.3 is 10.2 Å². The van der Waals surface area contributed by atoms with Crippen molar-refractivity contribution in [3.63, 3.8) is 0 Å². The molecule has 1 aromatic rings. The van der Waals surface area contributed by atoms with Crippen LogP contribution in [-0.4, -0.2) is 18.0 Å². The highest BCUT2D eigenvalue weighted by Gasteiger charge is 2.18. The molecule has 2 atom stereocenters. The Bertz CT molecular complexity index is 465. The van der Waals surface area contributed by atoms with E-state index in [9.17, 15) is 4.79 Å². The molecule has 0 fully saturated rings. The zero-order valence-corrected chi connectivity index (χ0v) is 13.9. The molecule has 0 aliphatic heterocycles. The molecule has 21 heavy (non-hydrogen) atoms. The van der Waals surface area contributed by atoms with Gasteiger partial charge in [-0.2, -0.15) is 0 Å². The van der Waals surface area contributed by atoms with Gasteiger partial charge >= 0.3 is 0 Å². The van der Waals surface area contributed by atoms with Gasteiger partial charge in [0.2, 0.25) is 0 Å². The third-order valence-electron chi connectivity index (χ3n) is 3.75. The molecule has 0 bridgehead atoms. The summed E-state index contributed by atoms with van der Waals surface area (Å²) in [4.78, 5) is 14.1. The van der Waals surface area contributed by atoms with Gasteiger partial charge in [-0.25, -0.2) is 0 Å². The van der Waals surface area contributed by atoms with E-state index in [-0.39, 0.29) is 11.9 Å². The number of hydrogen-bond acceptors (Lipinski definition) is 2. The predicted molar refractivity (Wildman–Crippen MR) is 91.9 cm³/mol. The zero-order valence-electron chi connectivity index (χ0n) is 13.9. The molecule has 1 aromatic carbocycles. The van der Waals surface area contributed by atoms with Gasteiger partial charge in [-0.05, 0) is 64.0 Å². The standard InChI is InChI=1S/C18H28N2O/c1-6-9-18(21)20(15(5)8-3)17-12-10-16(11-13-17)19-14(4)7-2/h6,9-15,19H,7-8H2,1-5H3. The summed E-state index contributed by atoms with van der Waals surface area (Å²) in [5.41, 5.74) is 2.04. The second-order valence-corrected chi connectivity index (χ2v) is 5.47. The summed E-state index contributed by atoms with van der Waals surface area (Å²) in [6.45, 7) is 10.4. The lowest BCUT2D eigenvalue weighted by Crippen LogP contribution is -2.37. The minimum Gasteiger partial charge on any atom is -0.383 e. The summed E-state index contributed by atoms with van der Waals surface area (Å²) in [6.07, 6.45) is 5.42. The van der Waals surface area contributed by atoms with Gasteiger partial charge in [0.05, 0.1) is 0 Å². The van der Waals surface area contributed by atoms with Gasteiger partial charge in [-0.3, -0.25) is 4.79 Å². The summed E-state index contributed by atoms with van der Waals surface area (Å²) in [7, 11) is 0. The van der Waals surface area contributed by atoms with E-state index in [2.05, 4.69) is 33.0 Å². The topological polar surface area (TPSA) is 32.3 Å². The molecule has 1 rings (SSSR count). The molecule has 0 saturated heterocycles. The van der Waals surface area contributed by atoms with Crippen molar-refractivity contribution in [1.29, 1.82) is 0 Å². The minimum absolute atomic E-state index is 0.0366. The highest BCUT2D eigenvalue weighted by atomic mass is 16.2. The summed E-state index contributed by atoms with van der Waals surface area (Å²) in [6, 6.07) is 8.74. The van der Waals surface area contributed by atoms with Crippen LogP contribution in [-0.2, 0) is 4.79 Å². The van der Waals surface area contributed by atoms with Gasteiger partial charge in [0.25, 0.3) is 5.91 Å². The van der Waals surface area contributed by atoms with E-state index < -0.39 is 0 Å². The number of anilines is 2. The zero-order chi connectivity index (χ0) is 15.8. The van der Waals surface area contributed by atoms with Gasteiger partial charge in [0, 0.05) is 23.5 Å². The second-order valence-electron chi connectivity index (χ2n) is 5.47. The number of amides is 1. The van der Waals surface area contributed by atoms with Crippen molar-refractivity contribution in [1.82, 2.24) is 0 Å². The molecule has 0 aromatic heterocycles. The molecule has 0 saturated carbocycles. The maximum absolute atomic E-state index is 12.3. The average Bonchev–Trinajstić information content (AvgIpc) is 2.49. The largest absolute Gasteiger partial charge is 0.383 e. The molecule has 2 unspecified atom stereocenters. The second kappa shape index (κ2) is 8.50. The Morgan fingerprint density at radius 3 is 2.29 bits per heavy atom. The number of hydrogen-bond donors (Lipinski definition) is 1. The van der Waals surface area contributed by atoms with Gasteiger partial charge in [-0.1, -0.05) is 19.9 Å². The molecule has 3 nitrogen and oxygen atoms in total. The lowest BCUT2D eigenvalue weighted by molar-refractivity contribution is -0.114. The Balaban J connectivity index is 2.96. The normalized spacial score (nSPS) is 14.0.